The van der Waals surface area contributed by atoms with Gasteiger partial charge in [-0.05, 0) is 6.07 Å². The van der Waals surface area contributed by atoms with Crippen molar-refractivity contribution in [1.82, 2.24) is 0 Å². The molecule has 124 valence electrons. The molecular formula is C10H8F6N2O4. The number of rotatable bonds is 2. The molecule has 1 rings (SSSR count). The van der Waals surface area contributed by atoms with Crippen molar-refractivity contribution in [2.45, 2.75) is 18.9 Å². The van der Waals surface area contributed by atoms with E-state index in [1.807, 2.05) is 0 Å². The van der Waals surface area contributed by atoms with Crippen molar-refractivity contribution in [3.05, 3.63) is 39.4 Å². The molecule has 0 aliphatic rings. The summed E-state index contributed by atoms with van der Waals surface area (Å²) in [7, 11) is 0. The van der Waals surface area contributed by atoms with E-state index in [0.29, 0.717) is 6.07 Å². The Bertz CT molecular complexity index is 555. The molecule has 1 aromatic carbocycles. The summed E-state index contributed by atoms with van der Waals surface area (Å²) in [4.78, 5) is 18.5. The highest BCUT2D eigenvalue weighted by Crippen LogP contribution is 2.32. The normalized spacial score (nSPS) is 11.4. The lowest BCUT2D eigenvalue weighted by Crippen LogP contribution is -2.21. The first-order chi connectivity index (χ1) is 9.80. The predicted octanol–water partition coefficient (Wildman–Crippen LogP) is 2.71. The highest BCUT2D eigenvalue weighted by Gasteiger charge is 2.38. The van der Waals surface area contributed by atoms with Gasteiger partial charge < -0.3 is 10.8 Å². The zero-order valence-electron chi connectivity index (χ0n) is 10.4. The summed E-state index contributed by atoms with van der Waals surface area (Å²) in [5, 5.41) is 17.6. The Kier molecular flexibility index (Phi) is 6.30. The molecule has 12 heteroatoms. The Hall–Kier alpha value is -2.37. The summed E-state index contributed by atoms with van der Waals surface area (Å²) in [6, 6.07) is 2.28. The van der Waals surface area contributed by atoms with Gasteiger partial charge in [0.05, 0.1) is 10.5 Å². The first-order valence-electron chi connectivity index (χ1n) is 5.15. The van der Waals surface area contributed by atoms with Crippen molar-refractivity contribution >= 4 is 11.7 Å². The van der Waals surface area contributed by atoms with E-state index in [9.17, 15) is 36.5 Å². The minimum Gasteiger partial charge on any atom is -0.475 e. The molecule has 1 aromatic rings. The summed E-state index contributed by atoms with van der Waals surface area (Å²) in [5.41, 5.74) is 3.58. The molecule has 22 heavy (non-hydrogen) atoms. The third-order valence-electron chi connectivity index (χ3n) is 2.07. The lowest BCUT2D eigenvalue weighted by molar-refractivity contribution is -0.385. The first kappa shape index (κ1) is 19.6. The van der Waals surface area contributed by atoms with Crippen LogP contribution in [0.25, 0.3) is 0 Å². The highest BCUT2D eigenvalue weighted by atomic mass is 19.4. The van der Waals surface area contributed by atoms with Crippen molar-refractivity contribution in [2.75, 3.05) is 0 Å². The number of nitrogens with two attached hydrogens (primary N) is 1. The minimum absolute atomic E-state index is 0.0769. The van der Waals surface area contributed by atoms with Crippen LogP contribution in [0.1, 0.15) is 11.1 Å². The van der Waals surface area contributed by atoms with Gasteiger partial charge in [-0.15, -0.1) is 0 Å². The number of alkyl halides is 6. The fourth-order valence-corrected chi connectivity index (χ4v) is 1.08. The summed E-state index contributed by atoms with van der Waals surface area (Å²) in [6.45, 7) is -0.172. The van der Waals surface area contributed by atoms with Gasteiger partial charge in [-0.3, -0.25) is 10.1 Å². The van der Waals surface area contributed by atoms with Gasteiger partial charge in [0.25, 0.3) is 5.69 Å². The van der Waals surface area contributed by atoms with Gasteiger partial charge in [-0.25, -0.2) is 4.79 Å². The number of hydrogen-bond acceptors (Lipinski definition) is 4. The molecule has 0 aliphatic heterocycles. The number of hydrogen-bond donors (Lipinski definition) is 2. The lowest BCUT2D eigenvalue weighted by atomic mass is 10.1. The molecule has 6 nitrogen and oxygen atoms in total. The topological polar surface area (TPSA) is 106 Å². The summed E-state index contributed by atoms with van der Waals surface area (Å²) in [6.07, 6.45) is -9.67. The molecule has 0 atom stereocenters. The van der Waals surface area contributed by atoms with Crippen molar-refractivity contribution < 1.29 is 41.2 Å². The Balaban J connectivity index is 0.000000534. The molecule has 0 heterocycles. The van der Waals surface area contributed by atoms with Crippen LogP contribution in [-0.2, 0) is 17.5 Å². The Labute approximate surface area is 118 Å². The third kappa shape index (κ3) is 5.95. The molecule has 0 fully saturated rings. The Morgan fingerprint density at radius 3 is 1.95 bits per heavy atom. The van der Waals surface area contributed by atoms with Crippen molar-refractivity contribution in [3.63, 3.8) is 0 Å². The average Bonchev–Trinajstić information content (AvgIpc) is 2.36. The number of carbonyl (C=O) groups is 1. The maximum absolute atomic E-state index is 12.2. The third-order valence-corrected chi connectivity index (χ3v) is 2.07. The monoisotopic (exact) mass is 334 g/mol. The van der Waals surface area contributed by atoms with E-state index < -0.39 is 34.5 Å². The van der Waals surface area contributed by atoms with Crippen molar-refractivity contribution in [1.29, 1.82) is 0 Å². The van der Waals surface area contributed by atoms with E-state index in [2.05, 4.69) is 0 Å². The molecule has 0 saturated heterocycles. The van der Waals surface area contributed by atoms with E-state index in [4.69, 9.17) is 15.6 Å². The quantitative estimate of drug-likeness (QED) is 0.491. The van der Waals surface area contributed by atoms with E-state index >= 15 is 0 Å². The zero-order chi connectivity index (χ0) is 17.7. The van der Waals surface area contributed by atoms with Gasteiger partial charge in [0.15, 0.2) is 0 Å². The van der Waals surface area contributed by atoms with Gasteiger partial charge in [-0.1, -0.05) is 6.07 Å². The summed E-state index contributed by atoms with van der Waals surface area (Å²) >= 11 is 0. The molecule has 0 radical (unpaired) electrons. The molecule has 0 amide bonds. The number of carboxylic acid groups (broad SMARTS) is 1. The summed E-state index contributed by atoms with van der Waals surface area (Å²) in [5.74, 6) is -2.76. The molecule has 0 bridgehead atoms. The second-order valence-electron chi connectivity index (χ2n) is 3.61. The number of nitrogens with zero attached hydrogens (tertiary/aromatic N) is 1. The lowest BCUT2D eigenvalue weighted by Gasteiger charge is -2.07. The average molecular weight is 334 g/mol. The van der Waals surface area contributed by atoms with Crippen LogP contribution in [0.3, 0.4) is 0 Å². The predicted molar refractivity (Wildman–Crippen MR) is 59.7 cm³/mol. The standard InChI is InChI=1S/C8H7F3N2O2.C2HF3O2/c9-8(10,11)6-2-1-5(4-12)7(3-6)13(14)15;3-2(4,5)1(6)7/h1-3H,4,12H2;(H,6,7). The zero-order valence-corrected chi connectivity index (χ0v) is 10.4. The van der Waals surface area contributed by atoms with E-state index in [-0.39, 0.29) is 12.1 Å². The van der Waals surface area contributed by atoms with E-state index in [0.717, 1.165) is 12.1 Å². The molecule has 0 unspecified atom stereocenters. The highest BCUT2D eigenvalue weighted by molar-refractivity contribution is 5.73. The fraction of sp³-hybridized carbons (Fsp3) is 0.300. The minimum atomic E-state index is -5.08. The summed E-state index contributed by atoms with van der Waals surface area (Å²) < 4.78 is 68.4. The number of nitro groups is 1. The fourth-order valence-electron chi connectivity index (χ4n) is 1.08. The molecule has 0 aromatic heterocycles. The van der Waals surface area contributed by atoms with Gasteiger partial charge in [-0.2, -0.15) is 26.3 Å². The van der Waals surface area contributed by atoms with E-state index in [1.165, 1.54) is 0 Å². The van der Waals surface area contributed by atoms with Crippen LogP contribution >= 0.6 is 0 Å². The van der Waals surface area contributed by atoms with Crippen LogP contribution in [0.5, 0.6) is 0 Å². The van der Waals surface area contributed by atoms with E-state index in [1.54, 1.807) is 0 Å². The van der Waals surface area contributed by atoms with Crippen molar-refractivity contribution in [3.8, 4) is 0 Å². The molecule has 0 saturated carbocycles. The maximum atomic E-state index is 12.2. The first-order valence-corrected chi connectivity index (χ1v) is 5.15. The van der Waals surface area contributed by atoms with Crippen LogP contribution in [0.15, 0.2) is 18.2 Å². The largest absolute Gasteiger partial charge is 0.490 e. The van der Waals surface area contributed by atoms with Crippen LogP contribution in [0.2, 0.25) is 0 Å². The number of halogens is 6. The van der Waals surface area contributed by atoms with Crippen LogP contribution in [-0.4, -0.2) is 22.2 Å². The molecule has 3 N–H and O–H groups in total. The number of aliphatic carboxylic acids is 1. The van der Waals surface area contributed by atoms with Crippen molar-refractivity contribution in [2.24, 2.45) is 5.73 Å². The SMILES string of the molecule is NCc1ccc(C(F)(F)F)cc1[N+](=O)[O-].O=C(O)C(F)(F)F. The van der Waals surface area contributed by atoms with Crippen LogP contribution in [0, 0.1) is 10.1 Å². The number of benzene rings is 1. The second-order valence-corrected chi connectivity index (χ2v) is 3.61. The second kappa shape index (κ2) is 7.06. The molecule has 0 spiro atoms. The van der Waals surface area contributed by atoms with Gasteiger partial charge in [0.1, 0.15) is 0 Å². The molecular weight excluding hydrogens is 326 g/mol. The number of carboxylic acids is 1. The van der Waals surface area contributed by atoms with Crippen LogP contribution in [0.4, 0.5) is 32.0 Å². The van der Waals surface area contributed by atoms with Gasteiger partial charge in [0, 0.05) is 18.2 Å². The Morgan fingerprint density at radius 1 is 1.23 bits per heavy atom. The molecule has 0 aliphatic carbocycles. The Morgan fingerprint density at radius 2 is 1.68 bits per heavy atom. The maximum Gasteiger partial charge on any atom is 0.490 e. The smallest absolute Gasteiger partial charge is 0.475 e. The van der Waals surface area contributed by atoms with Gasteiger partial charge >= 0.3 is 18.3 Å². The van der Waals surface area contributed by atoms with Gasteiger partial charge in [0.2, 0.25) is 0 Å². The van der Waals surface area contributed by atoms with Crippen LogP contribution < -0.4 is 5.73 Å². The number of nitro benzene ring substituents is 1.